The molecule has 0 heterocycles. The van der Waals surface area contributed by atoms with Crippen LogP contribution in [0.4, 0.5) is 0 Å². The zero-order valence-electron chi connectivity index (χ0n) is 13.2. The van der Waals surface area contributed by atoms with Crippen LogP contribution in [-0.2, 0) is 0 Å². The van der Waals surface area contributed by atoms with E-state index in [2.05, 4.69) is 17.4 Å². The van der Waals surface area contributed by atoms with E-state index in [0.717, 1.165) is 38.1 Å². The molecule has 0 spiro atoms. The van der Waals surface area contributed by atoms with Gasteiger partial charge in [0.2, 0.25) is 0 Å². The third kappa shape index (κ3) is 4.63. The number of hydrogen-bond acceptors (Lipinski definition) is 4. The van der Waals surface area contributed by atoms with Crippen molar-refractivity contribution < 1.29 is 10.3 Å². The molecule has 0 radical (unpaired) electrons. The van der Waals surface area contributed by atoms with Crippen molar-refractivity contribution >= 4 is 5.84 Å². The van der Waals surface area contributed by atoms with Gasteiger partial charge in [-0.1, -0.05) is 25.9 Å². The van der Waals surface area contributed by atoms with Gasteiger partial charge in [-0.05, 0) is 51.0 Å². The Labute approximate surface area is 122 Å². The molecule has 5 N–H and O–H groups in total. The van der Waals surface area contributed by atoms with Gasteiger partial charge >= 0.3 is 0 Å². The quantitative estimate of drug-likeness (QED) is 0.189. The molecule has 5 heteroatoms. The zero-order valence-corrected chi connectivity index (χ0v) is 13.2. The predicted octanol–water partition coefficient (Wildman–Crippen LogP) is 2.07. The van der Waals surface area contributed by atoms with E-state index in [4.69, 9.17) is 10.9 Å². The number of rotatable bonds is 7. The Bertz CT molecular complexity index is 321. The Morgan fingerprint density at radius 1 is 1.40 bits per heavy atom. The van der Waals surface area contributed by atoms with Gasteiger partial charge in [0.25, 0.3) is 0 Å². The number of nitrogens with one attached hydrogen (secondary N) is 1. The standard InChI is InChI=1S/C15H31N3O2/c1-12-5-8-15(11-19,9-6-12)17-10-4-7-14(2,3)13(16)18-20/h12,17,19-20H,4-11H2,1-3H3,(H2,16,18). The summed E-state index contributed by atoms with van der Waals surface area (Å²) in [6.07, 6.45) is 6.27. The lowest BCUT2D eigenvalue weighted by Gasteiger charge is -2.39. The number of hydrogen-bond donors (Lipinski definition) is 4. The van der Waals surface area contributed by atoms with Crippen molar-refractivity contribution in [2.75, 3.05) is 13.2 Å². The first kappa shape index (κ1) is 17.2. The van der Waals surface area contributed by atoms with Crippen molar-refractivity contribution in [1.29, 1.82) is 0 Å². The lowest BCUT2D eigenvalue weighted by molar-refractivity contribution is 0.105. The third-order valence-electron chi connectivity index (χ3n) is 4.81. The summed E-state index contributed by atoms with van der Waals surface area (Å²) < 4.78 is 0. The van der Waals surface area contributed by atoms with Gasteiger partial charge in [0.05, 0.1) is 6.61 Å². The van der Waals surface area contributed by atoms with E-state index in [1.54, 1.807) is 0 Å². The number of oxime groups is 1. The molecule has 0 unspecified atom stereocenters. The highest BCUT2D eigenvalue weighted by Crippen LogP contribution is 2.31. The molecule has 20 heavy (non-hydrogen) atoms. The maximum Gasteiger partial charge on any atom is 0.144 e. The summed E-state index contributed by atoms with van der Waals surface area (Å²) in [5.41, 5.74) is 5.30. The number of amidine groups is 1. The minimum atomic E-state index is -0.288. The minimum absolute atomic E-state index is 0.0900. The molecule has 0 amide bonds. The molecular weight excluding hydrogens is 254 g/mol. The average Bonchev–Trinajstić information content (AvgIpc) is 2.45. The Hall–Kier alpha value is -0.810. The van der Waals surface area contributed by atoms with Crippen LogP contribution >= 0.6 is 0 Å². The highest BCUT2D eigenvalue weighted by atomic mass is 16.4. The topological polar surface area (TPSA) is 90.9 Å². The fourth-order valence-electron chi connectivity index (χ4n) is 2.85. The molecule has 1 saturated carbocycles. The molecule has 0 atom stereocenters. The van der Waals surface area contributed by atoms with Crippen LogP contribution in [0.15, 0.2) is 5.16 Å². The van der Waals surface area contributed by atoms with Crippen LogP contribution in [0.2, 0.25) is 0 Å². The molecule has 0 aromatic rings. The van der Waals surface area contributed by atoms with Crippen molar-refractivity contribution in [2.24, 2.45) is 22.2 Å². The van der Waals surface area contributed by atoms with E-state index in [-0.39, 0.29) is 23.4 Å². The summed E-state index contributed by atoms with van der Waals surface area (Å²) in [5.74, 6) is 1.05. The first-order valence-electron chi connectivity index (χ1n) is 7.69. The van der Waals surface area contributed by atoms with Crippen LogP contribution in [0.5, 0.6) is 0 Å². The monoisotopic (exact) mass is 285 g/mol. The van der Waals surface area contributed by atoms with Crippen molar-refractivity contribution in [2.45, 2.75) is 64.8 Å². The lowest BCUT2D eigenvalue weighted by Crippen LogP contribution is -2.51. The second-order valence-corrected chi connectivity index (χ2v) is 7.02. The molecule has 1 aliphatic carbocycles. The summed E-state index contributed by atoms with van der Waals surface area (Å²) >= 11 is 0. The summed E-state index contributed by atoms with van der Waals surface area (Å²) in [6.45, 7) is 7.31. The van der Waals surface area contributed by atoms with Gasteiger partial charge in [0.1, 0.15) is 5.84 Å². The number of aliphatic hydroxyl groups excluding tert-OH is 1. The Kier molecular flexibility index (Phi) is 6.27. The van der Waals surface area contributed by atoms with Crippen LogP contribution in [0.25, 0.3) is 0 Å². The number of aliphatic hydroxyl groups is 1. The molecule has 0 saturated heterocycles. The summed E-state index contributed by atoms with van der Waals surface area (Å²) in [7, 11) is 0. The SMILES string of the molecule is CC1CCC(CO)(NCCCC(C)(C)C(N)=NO)CC1. The smallest absolute Gasteiger partial charge is 0.144 e. The van der Waals surface area contributed by atoms with Gasteiger partial charge in [-0.3, -0.25) is 0 Å². The molecule has 118 valence electrons. The van der Waals surface area contributed by atoms with E-state index in [1.165, 1.54) is 12.8 Å². The Balaban J connectivity index is 2.36. The van der Waals surface area contributed by atoms with Gasteiger partial charge in [-0.25, -0.2) is 0 Å². The van der Waals surface area contributed by atoms with Crippen molar-refractivity contribution in [3.8, 4) is 0 Å². The van der Waals surface area contributed by atoms with Gasteiger partial charge in [-0.2, -0.15) is 0 Å². The molecule has 0 aliphatic heterocycles. The van der Waals surface area contributed by atoms with Gasteiger partial charge in [0.15, 0.2) is 0 Å². The average molecular weight is 285 g/mol. The number of nitrogens with zero attached hydrogens (tertiary/aromatic N) is 1. The van der Waals surface area contributed by atoms with E-state index < -0.39 is 0 Å². The number of nitrogens with two attached hydrogens (primary N) is 1. The first-order valence-corrected chi connectivity index (χ1v) is 7.69. The van der Waals surface area contributed by atoms with Gasteiger partial charge < -0.3 is 21.4 Å². The molecular formula is C15H31N3O2. The van der Waals surface area contributed by atoms with E-state index >= 15 is 0 Å². The molecule has 1 aliphatic rings. The van der Waals surface area contributed by atoms with Crippen LogP contribution < -0.4 is 11.1 Å². The van der Waals surface area contributed by atoms with Gasteiger partial charge in [-0.15, -0.1) is 0 Å². The van der Waals surface area contributed by atoms with Crippen molar-refractivity contribution in [1.82, 2.24) is 5.32 Å². The summed E-state index contributed by atoms with van der Waals surface area (Å²) in [5, 5.41) is 25.1. The van der Waals surface area contributed by atoms with Crippen molar-refractivity contribution in [3.63, 3.8) is 0 Å². The fourth-order valence-corrected chi connectivity index (χ4v) is 2.85. The van der Waals surface area contributed by atoms with E-state index in [1.807, 2.05) is 13.8 Å². The van der Waals surface area contributed by atoms with Crippen LogP contribution in [0.1, 0.15) is 59.3 Å². The minimum Gasteiger partial charge on any atom is -0.409 e. The molecule has 0 bridgehead atoms. The lowest BCUT2D eigenvalue weighted by atomic mass is 9.77. The fraction of sp³-hybridized carbons (Fsp3) is 0.933. The van der Waals surface area contributed by atoms with Crippen LogP contribution in [0.3, 0.4) is 0 Å². The van der Waals surface area contributed by atoms with E-state index in [0.29, 0.717) is 0 Å². The maximum absolute atomic E-state index is 9.68. The second-order valence-electron chi connectivity index (χ2n) is 7.02. The van der Waals surface area contributed by atoms with Crippen LogP contribution in [0, 0.1) is 11.3 Å². The Morgan fingerprint density at radius 2 is 2.00 bits per heavy atom. The maximum atomic E-state index is 9.68. The zero-order chi connectivity index (χ0) is 15.2. The van der Waals surface area contributed by atoms with Crippen LogP contribution in [-0.4, -0.2) is 34.8 Å². The summed E-state index contributed by atoms with van der Waals surface area (Å²) in [6, 6.07) is 0. The molecule has 5 nitrogen and oxygen atoms in total. The molecule has 0 aromatic heterocycles. The molecule has 1 fully saturated rings. The highest BCUT2D eigenvalue weighted by Gasteiger charge is 2.33. The van der Waals surface area contributed by atoms with Crippen molar-refractivity contribution in [3.05, 3.63) is 0 Å². The van der Waals surface area contributed by atoms with E-state index in [9.17, 15) is 5.11 Å². The normalized spacial score (nSPS) is 28.6. The second kappa shape index (κ2) is 7.27. The summed E-state index contributed by atoms with van der Waals surface area (Å²) in [4.78, 5) is 0. The largest absolute Gasteiger partial charge is 0.409 e. The molecule has 1 rings (SSSR count). The highest BCUT2D eigenvalue weighted by molar-refractivity contribution is 5.85. The Morgan fingerprint density at radius 3 is 2.50 bits per heavy atom. The predicted molar refractivity (Wildman–Crippen MR) is 81.9 cm³/mol. The van der Waals surface area contributed by atoms with Gasteiger partial charge in [0, 0.05) is 11.0 Å². The molecule has 0 aromatic carbocycles. The third-order valence-corrected chi connectivity index (χ3v) is 4.81. The first-order chi connectivity index (χ1) is 9.35.